The van der Waals surface area contributed by atoms with Gasteiger partial charge in [0.2, 0.25) is 5.91 Å². The maximum atomic E-state index is 12.8. The lowest BCUT2D eigenvalue weighted by Crippen LogP contribution is -2.63. The monoisotopic (exact) mass is 375 g/mol. The third kappa shape index (κ3) is 4.40. The van der Waals surface area contributed by atoms with Gasteiger partial charge in [-0.3, -0.25) is 9.69 Å². The van der Waals surface area contributed by atoms with Gasteiger partial charge in [0.1, 0.15) is 11.2 Å². The molecule has 7 heteroatoms. The molecule has 1 aliphatic rings. The van der Waals surface area contributed by atoms with Gasteiger partial charge in [-0.2, -0.15) is 0 Å². The average molecular weight is 376 g/mol. The molecule has 0 aromatic heterocycles. The van der Waals surface area contributed by atoms with Gasteiger partial charge >= 0.3 is 5.97 Å². The molecule has 0 aliphatic carbocycles. The minimum atomic E-state index is -1.19. The number of amides is 1. The lowest BCUT2D eigenvalue weighted by molar-refractivity contribution is -0.160. The van der Waals surface area contributed by atoms with E-state index in [4.69, 9.17) is 20.8 Å². The Morgan fingerprint density at radius 1 is 1.33 bits per heavy atom. The zero-order valence-electron chi connectivity index (χ0n) is 16.0. The number of alkyl halides is 1. The van der Waals surface area contributed by atoms with Crippen LogP contribution in [0.3, 0.4) is 0 Å². The molecular weight excluding hydrogens is 346 g/mol. The first-order valence-corrected chi connectivity index (χ1v) is 11.5. The summed E-state index contributed by atoms with van der Waals surface area (Å²) < 4.78 is 10.7. The number of halogens is 1. The fourth-order valence-electron chi connectivity index (χ4n) is 2.90. The number of hydrogen-bond acceptors (Lipinski definition) is 4. The summed E-state index contributed by atoms with van der Waals surface area (Å²) in [5, 5.41) is 0. The third-order valence-electron chi connectivity index (χ3n) is 4.31. The molecule has 1 heterocycles. The molecule has 0 bridgehead atoms. The summed E-state index contributed by atoms with van der Waals surface area (Å²) in [7, 11) is 0.109. The smallest absolute Gasteiger partial charge is 0.354 e. The van der Waals surface area contributed by atoms with Crippen LogP contribution in [0.25, 0.3) is 0 Å². The number of likely N-dealkylation sites (tertiary alicyclic amines) is 1. The molecule has 138 valence electrons. The zero-order valence-corrected chi connectivity index (χ0v) is 17.9. The Kier molecular flexibility index (Phi) is 7.08. The normalized spacial score (nSPS) is 22.2. The molecule has 3 atom stereocenters. The molecule has 5 nitrogen and oxygen atoms in total. The molecule has 0 aromatic rings. The Balaban J connectivity index is 3.06. The van der Waals surface area contributed by atoms with Crippen LogP contribution in [0.1, 0.15) is 34.6 Å². The van der Waals surface area contributed by atoms with Crippen molar-refractivity contribution in [1.29, 1.82) is 0 Å². The highest BCUT2D eigenvalue weighted by atomic mass is 35.5. The van der Waals surface area contributed by atoms with E-state index in [1.165, 1.54) is 12.0 Å². The van der Waals surface area contributed by atoms with Gasteiger partial charge in [-0.15, -0.1) is 0 Å². The number of allylic oxidation sites excluding steroid dienone is 1. The molecule has 1 fully saturated rings. The summed E-state index contributed by atoms with van der Waals surface area (Å²) >= 11 is 6.55. The number of nitrogens with zero attached hydrogens (tertiary/aromatic N) is 1. The van der Waals surface area contributed by atoms with Crippen molar-refractivity contribution in [1.82, 2.24) is 4.90 Å². The van der Waals surface area contributed by atoms with Gasteiger partial charge in [0.15, 0.2) is 9.04 Å². The van der Waals surface area contributed by atoms with Crippen molar-refractivity contribution in [2.75, 3.05) is 13.7 Å². The van der Waals surface area contributed by atoms with Crippen LogP contribution >= 0.6 is 11.6 Å². The lowest BCUT2D eigenvalue weighted by Gasteiger charge is -2.50. The van der Waals surface area contributed by atoms with Crippen LogP contribution in [0.4, 0.5) is 0 Å². The van der Waals surface area contributed by atoms with E-state index in [1.807, 2.05) is 0 Å². The summed E-state index contributed by atoms with van der Waals surface area (Å²) in [6.45, 7) is 14.5. The minimum Gasteiger partial charge on any atom is -0.464 e. The molecule has 0 radical (unpaired) electrons. The average Bonchev–Trinajstić information content (AvgIpc) is 2.45. The van der Waals surface area contributed by atoms with Crippen LogP contribution in [0.2, 0.25) is 13.1 Å². The Bertz CT molecular complexity index is 523. The Morgan fingerprint density at radius 3 is 2.21 bits per heavy atom. The largest absolute Gasteiger partial charge is 0.464 e. The van der Waals surface area contributed by atoms with Crippen LogP contribution in [0.5, 0.6) is 0 Å². The number of rotatable bonds is 6. The number of hydrogen-bond donors (Lipinski definition) is 0. The third-order valence-corrected chi connectivity index (χ3v) is 5.64. The Morgan fingerprint density at radius 2 is 1.88 bits per heavy atom. The SMILES string of the molecule is COC(=O)C(=C(C)C)N1C(=O)[C@H]([C@@H](CO[SiH](C)C)C(C)(C)C)[C@H]1Cl. The van der Waals surface area contributed by atoms with E-state index in [-0.39, 0.29) is 28.9 Å². The van der Waals surface area contributed by atoms with Crippen LogP contribution in [-0.2, 0) is 18.8 Å². The maximum absolute atomic E-state index is 12.8. The van der Waals surface area contributed by atoms with Gasteiger partial charge in [0, 0.05) is 12.5 Å². The predicted molar refractivity (Wildman–Crippen MR) is 98.1 cm³/mol. The summed E-state index contributed by atoms with van der Waals surface area (Å²) in [6, 6.07) is 0. The Hall–Kier alpha value is -0.853. The van der Waals surface area contributed by atoms with Crippen molar-refractivity contribution < 1.29 is 18.8 Å². The van der Waals surface area contributed by atoms with Gasteiger partial charge in [0.05, 0.1) is 13.0 Å². The van der Waals surface area contributed by atoms with Crippen molar-refractivity contribution in [2.45, 2.75) is 53.2 Å². The number of carbonyl (C=O) groups is 2. The molecule has 1 saturated heterocycles. The van der Waals surface area contributed by atoms with Crippen molar-refractivity contribution in [2.24, 2.45) is 17.3 Å². The molecule has 0 saturated carbocycles. The second-order valence-corrected chi connectivity index (χ2v) is 10.7. The van der Waals surface area contributed by atoms with E-state index in [0.717, 1.165) is 0 Å². The molecule has 0 unspecified atom stereocenters. The van der Waals surface area contributed by atoms with Gasteiger partial charge in [-0.25, -0.2) is 4.79 Å². The van der Waals surface area contributed by atoms with Gasteiger partial charge in [-0.1, -0.05) is 32.4 Å². The van der Waals surface area contributed by atoms with Crippen LogP contribution in [0.15, 0.2) is 11.3 Å². The van der Waals surface area contributed by atoms with Gasteiger partial charge < -0.3 is 9.16 Å². The van der Waals surface area contributed by atoms with Crippen molar-refractivity contribution >= 4 is 32.5 Å². The molecule has 0 N–H and O–H groups in total. The fourth-order valence-corrected chi connectivity index (χ4v) is 3.97. The van der Waals surface area contributed by atoms with Crippen molar-refractivity contribution in [3.8, 4) is 0 Å². The number of β-lactam (4-membered cyclic amide) rings is 1. The number of ether oxygens (including phenoxy) is 1. The summed E-state index contributed by atoms with van der Waals surface area (Å²) in [4.78, 5) is 26.2. The molecule has 1 aliphatic heterocycles. The van der Waals surface area contributed by atoms with Crippen molar-refractivity contribution in [3.63, 3.8) is 0 Å². The van der Waals surface area contributed by atoms with E-state index < -0.39 is 20.5 Å². The second-order valence-electron chi connectivity index (χ2n) is 7.80. The molecule has 1 amide bonds. The first kappa shape index (κ1) is 21.2. The van der Waals surface area contributed by atoms with Crippen LogP contribution in [-0.4, -0.2) is 45.0 Å². The number of carbonyl (C=O) groups excluding carboxylic acids is 2. The predicted octanol–water partition coefficient (Wildman–Crippen LogP) is 3.14. The van der Waals surface area contributed by atoms with Crippen LogP contribution in [0, 0.1) is 17.3 Å². The lowest BCUT2D eigenvalue weighted by atomic mass is 9.70. The van der Waals surface area contributed by atoms with E-state index >= 15 is 0 Å². The number of methoxy groups -OCH3 is 1. The number of esters is 1. The summed E-state index contributed by atoms with van der Waals surface area (Å²) in [5.74, 6) is -1.04. The molecule has 24 heavy (non-hydrogen) atoms. The summed E-state index contributed by atoms with van der Waals surface area (Å²) in [5.41, 5.74) is 0.255. The standard InChI is InChI=1S/C17H30ClNO4Si/c1-10(2)13(16(21)22-6)19-14(18)12(15(19)20)11(17(3,4)5)9-23-24(7)8/h11-12,14,24H,9H2,1-8H3/t11-,12-,14+/m1/s1. The van der Waals surface area contributed by atoms with E-state index in [9.17, 15) is 9.59 Å². The fraction of sp³-hybridized carbons (Fsp3) is 0.765. The summed E-state index contributed by atoms with van der Waals surface area (Å²) in [6.07, 6.45) is 0. The van der Waals surface area contributed by atoms with Crippen molar-refractivity contribution in [3.05, 3.63) is 11.3 Å². The highest BCUT2D eigenvalue weighted by Gasteiger charge is 2.55. The molecule has 1 rings (SSSR count). The molecular formula is C17H30ClNO4Si. The van der Waals surface area contributed by atoms with E-state index in [0.29, 0.717) is 12.2 Å². The second kappa shape index (κ2) is 8.02. The van der Waals surface area contributed by atoms with Gasteiger partial charge in [-0.05, 0) is 37.9 Å². The maximum Gasteiger partial charge on any atom is 0.354 e. The molecule has 0 spiro atoms. The van der Waals surface area contributed by atoms with E-state index in [2.05, 4.69) is 33.9 Å². The topological polar surface area (TPSA) is 55.8 Å². The quantitative estimate of drug-likeness (QED) is 0.179. The zero-order chi connectivity index (χ0) is 18.8. The molecule has 0 aromatic carbocycles. The highest BCUT2D eigenvalue weighted by molar-refractivity contribution is 6.48. The van der Waals surface area contributed by atoms with E-state index in [1.54, 1.807) is 13.8 Å². The van der Waals surface area contributed by atoms with Gasteiger partial charge in [0.25, 0.3) is 0 Å². The Labute approximate surface area is 152 Å². The first-order chi connectivity index (χ1) is 10.9. The first-order valence-electron chi connectivity index (χ1n) is 8.28. The minimum absolute atomic E-state index is 0.00490. The van der Waals surface area contributed by atoms with Crippen LogP contribution < -0.4 is 0 Å². The highest BCUT2D eigenvalue weighted by Crippen LogP contribution is 2.45.